The van der Waals surface area contributed by atoms with Gasteiger partial charge in [0.25, 0.3) is 0 Å². The highest BCUT2D eigenvalue weighted by Crippen LogP contribution is 2.28. The van der Waals surface area contributed by atoms with E-state index in [1.165, 1.54) is 0 Å². The molecule has 4 heteroatoms. The van der Waals surface area contributed by atoms with Crippen molar-refractivity contribution in [3.63, 3.8) is 0 Å². The summed E-state index contributed by atoms with van der Waals surface area (Å²) in [4.78, 5) is 6.61. The van der Waals surface area contributed by atoms with Crippen LogP contribution in [-0.4, -0.2) is 18.1 Å². The maximum atomic E-state index is 5.91. The van der Waals surface area contributed by atoms with Crippen LogP contribution < -0.4 is 15.4 Å². The van der Waals surface area contributed by atoms with Gasteiger partial charge in [0.2, 0.25) is 0 Å². The summed E-state index contributed by atoms with van der Waals surface area (Å²) in [6, 6.07) is 11.9. The number of nitrogens with zero attached hydrogens (tertiary/aromatic N) is 2. The van der Waals surface area contributed by atoms with Crippen LogP contribution in [0.15, 0.2) is 42.6 Å². The lowest BCUT2D eigenvalue weighted by Gasteiger charge is -2.23. The van der Waals surface area contributed by atoms with Crippen LogP contribution >= 0.6 is 0 Å². The van der Waals surface area contributed by atoms with Crippen molar-refractivity contribution in [2.24, 2.45) is 0 Å². The van der Waals surface area contributed by atoms with Gasteiger partial charge < -0.3 is 15.4 Å². The molecular weight excluding hydrogens is 250 g/mol. The number of ether oxygens (including phenoxy) is 1. The molecule has 0 aliphatic rings. The maximum absolute atomic E-state index is 5.91. The van der Waals surface area contributed by atoms with E-state index in [1.807, 2.05) is 49.5 Å². The number of hydrogen-bond donors (Lipinski definition) is 1. The summed E-state index contributed by atoms with van der Waals surface area (Å²) in [5, 5.41) is 0. The molecule has 0 aliphatic carbocycles. The number of benzene rings is 1. The molecule has 1 heterocycles. The van der Waals surface area contributed by atoms with Gasteiger partial charge >= 0.3 is 0 Å². The third-order valence-corrected chi connectivity index (χ3v) is 3.12. The van der Waals surface area contributed by atoms with Gasteiger partial charge in [-0.1, -0.05) is 6.07 Å². The Morgan fingerprint density at radius 3 is 2.70 bits per heavy atom. The second-order valence-electron chi connectivity index (χ2n) is 4.49. The number of rotatable bonds is 6. The molecule has 0 unspecified atom stereocenters. The zero-order valence-electron chi connectivity index (χ0n) is 12.0. The van der Waals surface area contributed by atoms with Crippen molar-refractivity contribution in [2.75, 3.05) is 23.8 Å². The first-order valence-corrected chi connectivity index (χ1v) is 6.91. The first-order valence-electron chi connectivity index (χ1n) is 6.91. The zero-order chi connectivity index (χ0) is 14.4. The van der Waals surface area contributed by atoms with Crippen molar-refractivity contribution >= 4 is 11.4 Å². The summed E-state index contributed by atoms with van der Waals surface area (Å²) in [5.41, 5.74) is 8.72. The molecule has 0 amide bonds. The number of nitrogens with two attached hydrogens (primary N) is 1. The Labute approximate surface area is 120 Å². The largest absolute Gasteiger partial charge is 0.492 e. The molecule has 1 aromatic carbocycles. The Hall–Kier alpha value is -2.23. The van der Waals surface area contributed by atoms with Crippen LogP contribution in [0.25, 0.3) is 0 Å². The lowest BCUT2D eigenvalue weighted by atomic mass is 10.2. The highest BCUT2D eigenvalue weighted by molar-refractivity contribution is 5.62. The highest BCUT2D eigenvalue weighted by atomic mass is 16.5. The molecule has 1 aromatic heterocycles. The summed E-state index contributed by atoms with van der Waals surface area (Å²) in [7, 11) is 0. The topological polar surface area (TPSA) is 51.4 Å². The van der Waals surface area contributed by atoms with E-state index in [2.05, 4.69) is 16.8 Å². The normalized spacial score (nSPS) is 10.3. The van der Waals surface area contributed by atoms with Crippen LogP contribution in [0.5, 0.6) is 5.75 Å². The molecule has 0 saturated heterocycles. The Morgan fingerprint density at radius 1 is 1.20 bits per heavy atom. The Balaban J connectivity index is 2.21. The number of aromatic nitrogens is 1. The molecule has 0 radical (unpaired) electrons. The first-order chi connectivity index (χ1) is 9.74. The van der Waals surface area contributed by atoms with Gasteiger partial charge in [0.1, 0.15) is 5.75 Å². The smallest absolute Gasteiger partial charge is 0.144 e. The monoisotopic (exact) mass is 271 g/mol. The molecule has 4 nitrogen and oxygen atoms in total. The summed E-state index contributed by atoms with van der Waals surface area (Å²) in [6.45, 7) is 6.36. The predicted octanol–water partition coefficient (Wildman–Crippen LogP) is 3.09. The van der Waals surface area contributed by atoms with Crippen molar-refractivity contribution in [3.05, 3.63) is 48.3 Å². The molecule has 0 fully saturated rings. The molecule has 2 rings (SSSR count). The summed E-state index contributed by atoms with van der Waals surface area (Å²) in [6.07, 6.45) is 1.82. The van der Waals surface area contributed by atoms with Crippen molar-refractivity contribution in [1.29, 1.82) is 0 Å². The number of nitrogen functional groups attached to an aromatic ring is 1. The molecule has 2 aromatic rings. The molecule has 0 aliphatic heterocycles. The van der Waals surface area contributed by atoms with E-state index in [-0.39, 0.29) is 0 Å². The van der Waals surface area contributed by atoms with Crippen molar-refractivity contribution in [2.45, 2.75) is 20.4 Å². The van der Waals surface area contributed by atoms with Gasteiger partial charge in [0, 0.05) is 24.5 Å². The fourth-order valence-electron chi connectivity index (χ4n) is 2.07. The second kappa shape index (κ2) is 6.80. The molecule has 0 atom stereocenters. The van der Waals surface area contributed by atoms with E-state index < -0.39 is 0 Å². The first kappa shape index (κ1) is 14.2. The molecule has 0 saturated carbocycles. The van der Waals surface area contributed by atoms with E-state index >= 15 is 0 Å². The van der Waals surface area contributed by atoms with Crippen LogP contribution in [0.3, 0.4) is 0 Å². The Morgan fingerprint density at radius 2 is 2.05 bits per heavy atom. The van der Waals surface area contributed by atoms with Gasteiger partial charge in [0.15, 0.2) is 0 Å². The van der Waals surface area contributed by atoms with Crippen LogP contribution in [0.4, 0.5) is 11.4 Å². The second-order valence-corrected chi connectivity index (χ2v) is 4.49. The predicted molar refractivity (Wildman–Crippen MR) is 83.0 cm³/mol. The molecule has 2 N–H and O–H groups in total. The van der Waals surface area contributed by atoms with E-state index in [4.69, 9.17) is 10.5 Å². The summed E-state index contributed by atoms with van der Waals surface area (Å²) < 4.78 is 5.55. The van der Waals surface area contributed by atoms with Crippen molar-refractivity contribution < 1.29 is 4.74 Å². The van der Waals surface area contributed by atoms with Crippen LogP contribution in [0.2, 0.25) is 0 Å². The minimum Gasteiger partial charge on any atom is -0.492 e. The fraction of sp³-hybridized carbons (Fsp3) is 0.312. The fourth-order valence-corrected chi connectivity index (χ4v) is 2.07. The van der Waals surface area contributed by atoms with Gasteiger partial charge in [-0.25, -0.2) is 0 Å². The molecule has 0 spiro atoms. The lowest BCUT2D eigenvalue weighted by Crippen LogP contribution is -2.22. The van der Waals surface area contributed by atoms with Crippen LogP contribution in [0.1, 0.15) is 19.5 Å². The summed E-state index contributed by atoms with van der Waals surface area (Å²) >= 11 is 0. The molecule has 20 heavy (non-hydrogen) atoms. The number of anilines is 2. The van der Waals surface area contributed by atoms with E-state index in [9.17, 15) is 0 Å². The summed E-state index contributed by atoms with van der Waals surface area (Å²) in [5.74, 6) is 0.740. The van der Waals surface area contributed by atoms with E-state index in [0.29, 0.717) is 12.3 Å². The van der Waals surface area contributed by atoms with E-state index in [0.717, 1.165) is 30.2 Å². The van der Waals surface area contributed by atoms with Gasteiger partial charge in [0.05, 0.1) is 24.5 Å². The lowest BCUT2D eigenvalue weighted by molar-refractivity contribution is 0.342. The number of pyridine rings is 1. The highest BCUT2D eigenvalue weighted by Gasteiger charge is 2.09. The average molecular weight is 271 g/mol. The third kappa shape index (κ3) is 3.41. The van der Waals surface area contributed by atoms with Crippen LogP contribution in [-0.2, 0) is 6.54 Å². The van der Waals surface area contributed by atoms with Gasteiger partial charge in [-0.2, -0.15) is 0 Å². The van der Waals surface area contributed by atoms with Gasteiger partial charge in [-0.3, -0.25) is 4.98 Å². The maximum Gasteiger partial charge on any atom is 0.144 e. The molecule has 0 bridgehead atoms. The van der Waals surface area contributed by atoms with Crippen molar-refractivity contribution in [3.8, 4) is 5.75 Å². The van der Waals surface area contributed by atoms with Crippen molar-refractivity contribution in [1.82, 2.24) is 4.98 Å². The van der Waals surface area contributed by atoms with Gasteiger partial charge in [-0.05, 0) is 38.1 Å². The van der Waals surface area contributed by atoms with Crippen LogP contribution in [0, 0.1) is 0 Å². The van der Waals surface area contributed by atoms with E-state index in [1.54, 1.807) is 0 Å². The minimum atomic E-state index is 0.611. The number of hydrogen-bond acceptors (Lipinski definition) is 4. The van der Waals surface area contributed by atoms with Gasteiger partial charge in [-0.15, -0.1) is 0 Å². The Bertz CT molecular complexity index is 543. The Kier molecular flexibility index (Phi) is 4.82. The SMILES string of the molecule is CCOc1cc(N(CC)Cc2ccccn2)ccc1N. The minimum absolute atomic E-state index is 0.611. The zero-order valence-corrected chi connectivity index (χ0v) is 12.0. The molecule has 106 valence electrons. The quantitative estimate of drug-likeness (QED) is 0.820. The standard InChI is InChI=1S/C16H21N3O/c1-3-19(12-13-7-5-6-10-18-13)14-8-9-15(17)16(11-14)20-4-2/h5-11H,3-4,12,17H2,1-2H3. The average Bonchev–Trinajstić information content (AvgIpc) is 2.48. The molecular formula is C16H21N3O. The third-order valence-electron chi connectivity index (χ3n) is 3.12.